The molecule has 0 heterocycles. The van der Waals surface area contributed by atoms with Gasteiger partial charge in [0.2, 0.25) is 0 Å². The van der Waals surface area contributed by atoms with Crippen LogP contribution in [0.3, 0.4) is 0 Å². The van der Waals surface area contributed by atoms with Crippen molar-refractivity contribution in [1.29, 1.82) is 0 Å². The Hall–Kier alpha value is -2.33. The van der Waals surface area contributed by atoms with E-state index in [-0.39, 0.29) is 11.5 Å². The van der Waals surface area contributed by atoms with E-state index in [0.29, 0.717) is 11.6 Å². The molecule has 1 N–H and O–H groups in total. The van der Waals surface area contributed by atoms with E-state index in [9.17, 15) is 9.59 Å². The smallest absolute Gasteiger partial charge is 0.340 e. The molecule has 0 bridgehead atoms. The molecule has 0 aromatic heterocycles. The summed E-state index contributed by atoms with van der Waals surface area (Å²) in [5, 5.41) is 3.02. The van der Waals surface area contributed by atoms with E-state index in [1.165, 1.54) is 6.92 Å². The summed E-state index contributed by atoms with van der Waals surface area (Å²) in [6, 6.07) is 16.0. The van der Waals surface area contributed by atoms with E-state index in [1.54, 1.807) is 24.3 Å². The Kier molecular flexibility index (Phi) is 5.55. The molecule has 2 aromatic rings. The number of halogens is 1. The van der Waals surface area contributed by atoms with Crippen LogP contribution in [0.25, 0.3) is 0 Å². The van der Waals surface area contributed by atoms with E-state index in [4.69, 9.17) is 16.3 Å². The molecule has 0 aliphatic rings. The van der Waals surface area contributed by atoms with E-state index in [2.05, 4.69) is 5.32 Å². The summed E-state index contributed by atoms with van der Waals surface area (Å²) in [6.07, 6.45) is -0.896. The van der Waals surface area contributed by atoms with Crippen LogP contribution < -0.4 is 5.32 Å². The maximum Gasteiger partial charge on any atom is 0.340 e. The van der Waals surface area contributed by atoms with Gasteiger partial charge in [-0.05, 0) is 24.6 Å². The fourth-order valence-electron chi connectivity index (χ4n) is 1.83. The van der Waals surface area contributed by atoms with E-state index in [0.717, 1.165) is 5.56 Å². The Morgan fingerprint density at radius 2 is 1.73 bits per heavy atom. The number of benzene rings is 2. The topological polar surface area (TPSA) is 55.4 Å². The molecular weight excluding hydrogens is 302 g/mol. The number of carbonyl (C=O) groups excluding carboxylic acids is 2. The van der Waals surface area contributed by atoms with Gasteiger partial charge < -0.3 is 10.1 Å². The van der Waals surface area contributed by atoms with Crippen molar-refractivity contribution < 1.29 is 14.3 Å². The fourth-order valence-corrected chi connectivity index (χ4v) is 2.05. The van der Waals surface area contributed by atoms with Crippen LogP contribution in [0.2, 0.25) is 5.02 Å². The summed E-state index contributed by atoms with van der Waals surface area (Å²) in [5.74, 6) is -0.975. The summed E-state index contributed by atoms with van der Waals surface area (Å²) in [4.78, 5) is 23.9. The average Bonchev–Trinajstić information content (AvgIpc) is 2.53. The van der Waals surface area contributed by atoms with Crippen LogP contribution in [0.15, 0.2) is 54.6 Å². The molecule has 0 aliphatic heterocycles. The van der Waals surface area contributed by atoms with Crippen LogP contribution >= 0.6 is 11.6 Å². The first-order chi connectivity index (χ1) is 10.6. The SMILES string of the molecule is C[C@H](OC(=O)c1ccccc1Cl)C(=O)NCc1ccccc1. The van der Waals surface area contributed by atoms with Crippen molar-refractivity contribution in [2.75, 3.05) is 0 Å². The lowest BCUT2D eigenvalue weighted by Crippen LogP contribution is -2.35. The monoisotopic (exact) mass is 317 g/mol. The minimum absolute atomic E-state index is 0.242. The lowest BCUT2D eigenvalue weighted by molar-refractivity contribution is -0.129. The number of nitrogens with one attached hydrogen (secondary N) is 1. The van der Waals surface area contributed by atoms with Gasteiger partial charge in [0.25, 0.3) is 5.91 Å². The molecule has 114 valence electrons. The van der Waals surface area contributed by atoms with Gasteiger partial charge >= 0.3 is 5.97 Å². The van der Waals surface area contributed by atoms with E-state index in [1.807, 2.05) is 30.3 Å². The normalized spacial score (nSPS) is 11.5. The highest BCUT2D eigenvalue weighted by Crippen LogP contribution is 2.16. The zero-order chi connectivity index (χ0) is 15.9. The van der Waals surface area contributed by atoms with Crippen molar-refractivity contribution >= 4 is 23.5 Å². The molecule has 0 unspecified atom stereocenters. The third kappa shape index (κ3) is 4.33. The highest BCUT2D eigenvalue weighted by atomic mass is 35.5. The Balaban J connectivity index is 1.89. The van der Waals surface area contributed by atoms with Crippen LogP contribution in [0, 0.1) is 0 Å². The maximum atomic E-state index is 12.0. The zero-order valence-corrected chi connectivity index (χ0v) is 12.8. The molecule has 0 saturated carbocycles. The Bertz CT molecular complexity index is 658. The van der Waals surface area contributed by atoms with Gasteiger partial charge in [-0.1, -0.05) is 54.1 Å². The molecule has 0 fully saturated rings. The van der Waals surface area contributed by atoms with E-state index >= 15 is 0 Å². The minimum atomic E-state index is -0.896. The Labute approximate surface area is 134 Å². The van der Waals surface area contributed by atoms with Crippen LogP contribution in [0.4, 0.5) is 0 Å². The third-order valence-corrected chi connectivity index (χ3v) is 3.39. The number of esters is 1. The quantitative estimate of drug-likeness (QED) is 0.862. The number of ether oxygens (including phenoxy) is 1. The highest BCUT2D eigenvalue weighted by molar-refractivity contribution is 6.33. The van der Waals surface area contributed by atoms with Crippen LogP contribution in [-0.2, 0) is 16.1 Å². The summed E-state index contributed by atoms with van der Waals surface area (Å²) < 4.78 is 5.13. The molecule has 0 radical (unpaired) electrons. The van der Waals surface area contributed by atoms with Gasteiger partial charge in [-0.25, -0.2) is 4.79 Å². The van der Waals surface area contributed by atoms with Crippen LogP contribution in [0.5, 0.6) is 0 Å². The molecular formula is C17H16ClNO3. The van der Waals surface area contributed by atoms with Gasteiger partial charge in [0.1, 0.15) is 0 Å². The first-order valence-electron chi connectivity index (χ1n) is 6.85. The summed E-state index contributed by atoms with van der Waals surface area (Å²) >= 11 is 5.92. The van der Waals surface area contributed by atoms with Gasteiger partial charge in [0, 0.05) is 6.54 Å². The number of carbonyl (C=O) groups is 2. The molecule has 5 heteroatoms. The Morgan fingerprint density at radius 1 is 1.09 bits per heavy atom. The molecule has 0 spiro atoms. The number of hydrogen-bond donors (Lipinski definition) is 1. The summed E-state index contributed by atoms with van der Waals surface area (Å²) in [5.41, 5.74) is 1.22. The molecule has 0 saturated heterocycles. The van der Waals surface area contributed by atoms with Crippen molar-refractivity contribution in [3.63, 3.8) is 0 Å². The average molecular weight is 318 g/mol. The van der Waals surface area contributed by atoms with Crippen LogP contribution in [-0.4, -0.2) is 18.0 Å². The van der Waals surface area contributed by atoms with Gasteiger partial charge in [0.05, 0.1) is 10.6 Å². The molecule has 2 aromatic carbocycles. The molecule has 2 rings (SSSR count). The van der Waals surface area contributed by atoms with Crippen LogP contribution in [0.1, 0.15) is 22.8 Å². The van der Waals surface area contributed by atoms with Crippen molar-refractivity contribution in [1.82, 2.24) is 5.32 Å². The maximum absolute atomic E-state index is 12.0. The summed E-state index contributed by atoms with van der Waals surface area (Å²) in [7, 11) is 0. The predicted molar refractivity (Wildman–Crippen MR) is 84.6 cm³/mol. The van der Waals surface area contributed by atoms with Gasteiger partial charge in [-0.2, -0.15) is 0 Å². The van der Waals surface area contributed by atoms with Crippen molar-refractivity contribution in [3.8, 4) is 0 Å². The fraction of sp³-hybridized carbons (Fsp3) is 0.176. The molecule has 0 aliphatic carbocycles. The lowest BCUT2D eigenvalue weighted by atomic mass is 10.2. The second-order valence-electron chi connectivity index (χ2n) is 4.73. The van der Waals surface area contributed by atoms with Crippen molar-refractivity contribution in [2.24, 2.45) is 0 Å². The minimum Gasteiger partial charge on any atom is -0.449 e. The number of amides is 1. The predicted octanol–water partition coefficient (Wildman–Crippen LogP) is 3.20. The molecule has 1 amide bonds. The largest absolute Gasteiger partial charge is 0.449 e. The second kappa shape index (κ2) is 7.61. The standard InChI is InChI=1S/C17H16ClNO3/c1-12(16(20)19-11-13-7-3-2-4-8-13)22-17(21)14-9-5-6-10-15(14)18/h2-10,12H,11H2,1H3,(H,19,20)/t12-/m0/s1. The Morgan fingerprint density at radius 3 is 2.41 bits per heavy atom. The highest BCUT2D eigenvalue weighted by Gasteiger charge is 2.19. The number of rotatable bonds is 5. The molecule has 22 heavy (non-hydrogen) atoms. The molecule has 4 nitrogen and oxygen atoms in total. The first-order valence-corrected chi connectivity index (χ1v) is 7.23. The van der Waals surface area contributed by atoms with E-state index < -0.39 is 12.1 Å². The first kappa shape index (κ1) is 16.0. The zero-order valence-electron chi connectivity index (χ0n) is 12.1. The van der Waals surface area contributed by atoms with Crippen molar-refractivity contribution in [2.45, 2.75) is 19.6 Å². The summed E-state index contributed by atoms with van der Waals surface area (Å²) in [6.45, 7) is 1.91. The second-order valence-corrected chi connectivity index (χ2v) is 5.14. The molecule has 1 atom stereocenters. The number of hydrogen-bond acceptors (Lipinski definition) is 3. The van der Waals surface area contributed by atoms with Gasteiger partial charge in [0.15, 0.2) is 6.10 Å². The lowest BCUT2D eigenvalue weighted by Gasteiger charge is -2.14. The van der Waals surface area contributed by atoms with Crippen molar-refractivity contribution in [3.05, 3.63) is 70.7 Å². The van der Waals surface area contributed by atoms with Gasteiger partial charge in [-0.3, -0.25) is 4.79 Å². The van der Waals surface area contributed by atoms with Gasteiger partial charge in [-0.15, -0.1) is 0 Å². The third-order valence-electron chi connectivity index (χ3n) is 3.06.